The van der Waals surface area contributed by atoms with Crippen molar-refractivity contribution >= 4 is 22.8 Å². The fourth-order valence-electron chi connectivity index (χ4n) is 2.23. The molecule has 0 bridgehead atoms. The number of rotatable bonds is 5. The topological polar surface area (TPSA) is 39.9 Å². The monoisotopic (exact) mass is 281 g/mol. The number of halogens is 1. The van der Waals surface area contributed by atoms with Crippen LogP contribution < -0.4 is 0 Å². The van der Waals surface area contributed by atoms with E-state index in [0.717, 1.165) is 22.6 Å². The van der Waals surface area contributed by atoms with E-state index in [0.29, 0.717) is 13.2 Å². The summed E-state index contributed by atoms with van der Waals surface area (Å²) in [6, 6.07) is 1.97. The van der Waals surface area contributed by atoms with Crippen LogP contribution in [0.2, 0.25) is 0 Å². The molecule has 2 aromatic heterocycles. The molecule has 0 aliphatic rings. The molecule has 4 nitrogen and oxygen atoms in total. The van der Waals surface area contributed by atoms with Crippen molar-refractivity contribution in [2.45, 2.75) is 45.7 Å². The smallest absolute Gasteiger partial charge is 0.160 e. The van der Waals surface area contributed by atoms with Gasteiger partial charge in [-0.25, -0.2) is 9.97 Å². The Hall–Kier alpha value is -1.13. The van der Waals surface area contributed by atoms with E-state index >= 15 is 0 Å². The maximum atomic E-state index is 6.24. The van der Waals surface area contributed by atoms with Crippen LogP contribution in [0.3, 0.4) is 0 Å². The molecule has 2 heterocycles. The molecule has 0 N–H and O–H groups in total. The lowest BCUT2D eigenvalue weighted by Crippen LogP contribution is -2.18. The third-order valence-electron chi connectivity index (χ3n) is 3.11. The van der Waals surface area contributed by atoms with Gasteiger partial charge < -0.3 is 9.30 Å². The number of aryl methyl sites for hydroxylation is 1. The quantitative estimate of drug-likeness (QED) is 0.788. The van der Waals surface area contributed by atoms with Gasteiger partial charge in [-0.15, -0.1) is 11.6 Å². The molecule has 2 unspecified atom stereocenters. The molecule has 5 heteroatoms. The van der Waals surface area contributed by atoms with Crippen molar-refractivity contribution in [3.63, 3.8) is 0 Å². The molecular weight excluding hydrogens is 262 g/mol. The van der Waals surface area contributed by atoms with Crippen LogP contribution in [0, 0.1) is 6.92 Å². The van der Waals surface area contributed by atoms with Crippen molar-refractivity contribution in [1.29, 1.82) is 0 Å². The van der Waals surface area contributed by atoms with E-state index in [9.17, 15) is 0 Å². The van der Waals surface area contributed by atoms with Gasteiger partial charge in [0.05, 0.1) is 18.0 Å². The van der Waals surface area contributed by atoms with Crippen molar-refractivity contribution in [2.75, 3.05) is 6.61 Å². The Kier molecular flexibility index (Phi) is 4.42. The molecule has 0 spiro atoms. The zero-order chi connectivity index (χ0) is 14.0. The first-order valence-corrected chi connectivity index (χ1v) is 7.05. The highest BCUT2D eigenvalue weighted by molar-refractivity contribution is 6.20. The molecule has 0 aliphatic carbocycles. The van der Waals surface area contributed by atoms with E-state index in [4.69, 9.17) is 16.3 Å². The summed E-state index contributed by atoms with van der Waals surface area (Å²) in [6.07, 6.45) is 1.92. The van der Waals surface area contributed by atoms with Crippen molar-refractivity contribution < 1.29 is 4.74 Å². The minimum Gasteiger partial charge on any atom is -0.377 e. The molecule has 0 radical (unpaired) electrons. The van der Waals surface area contributed by atoms with Gasteiger partial charge in [-0.05, 0) is 39.3 Å². The highest BCUT2D eigenvalue weighted by atomic mass is 35.5. The Balaban J connectivity index is 2.49. The van der Waals surface area contributed by atoms with Crippen LogP contribution in [0.1, 0.15) is 37.5 Å². The Labute approximate surface area is 118 Å². The molecule has 0 saturated carbocycles. The molecule has 0 saturated heterocycles. The molecule has 0 amide bonds. The predicted octanol–water partition coefficient (Wildman–Crippen LogP) is 3.46. The van der Waals surface area contributed by atoms with Crippen LogP contribution in [-0.4, -0.2) is 27.2 Å². The summed E-state index contributed by atoms with van der Waals surface area (Å²) in [7, 11) is 0. The van der Waals surface area contributed by atoms with E-state index in [2.05, 4.69) is 14.5 Å². The summed E-state index contributed by atoms with van der Waals surface area (Å²) in [4.78, 5) is 9.08. The molecule has 0 aromatic carbocycles. The average molecular weight is 282 g/mol. The second kappa shape index (κ2) is 5.88. The molecule has 2 aromatic rings. The lowest BCUT2D eigenvalue weighted by molar-refractivity contribution is 0.0641. The van der Waals surface area contributed by atoms with Crippen LogP contribution in [0.5, 0.6) is 0 Å². The van der Waals surface area contributed by atoms with Gasteiger partial charge in [0.2, 0.25) is 0 Å². The van der Waals surface area contributed by atoms with Crippen LogP contribution in [0.4, 0.5) is 0 Å². The first-order valence-electron chi connectivity index (χ1n) is 6.62. The van der Waals surface area contributed by atoms with Gasteiger partial charge in [0.25, 0.3) is 0 Å². The standard InChI is InChI=1S/C14H20ClN3O/c1-5-19-10(3)8-18-13(11(4)15)17-12-9(2)6-7-16-14(12)18/h6-7,10-11H,5,8H2,1-4H3. The molecular formula is C14H20ClN3O. The Bertz CT molecular complexity index is 565. The van der Waals surface area contributed by atoms with E-state index in [1.807, 2.05) is 40.0 Å². The normalized spacial score (nSPS) is 14.8. The Morgan fingerprint density at radius 2 is 2.16 bits per heavy atom. The number of imidazole rings is 1. The van der Waals surface area contributed by atoms with E-state index in [-0.39, 0.29) is 11.5 Å². The van der Waals surface area contributed by atoms with Gasteiger partial charge in [0.1, 0.15) is 11.3 Å². The number of pyridine rings is 1. The number of aromatic nitrogens is 3. The van der Waals surface area contributed by atoms with Gasteiger partial charge in [0, 0.05) is 12.8 Å². The van der Waals surface area contributed by atoms with Crippen molar-refractivity contribution in [2.24, 2.45) is 0 Å². The van der Waals surface area contributed by atoms with Gasteiger partial charge >= 0.3 is 0 Å². The molecule has 2 atom stereocenters. The number of hydrogen-bond acceptors (Lipinski definition) is 3. The van der Waals surface area contributed by atoms with Crippen molar-refractivity contribution in [3.05, 3.63) is 23.7 Å². The third kappa shape index (κ3) is 2.90. The number of nitrogens with zero attached hydrogens (tertiary/aromatic N) is 3. The maximum Gasteiger partial charge on any atom is 0.160 e. The molecule has 0 fully saturated rings. The number of alkyl halides is 1. The second-order valence-electron chi connectivity index (χ2n) is 4.76. The molecule has 19 heavy (non-hydrogen) atoms. The molecule has 104 valence electrons. The second-order valence-corrected chi connectivity index (χ2v) is 5.42. The summed E-state index contributed by atoms with van der Waals surface area (Å²) in [6.45, 7) is 9.43. The number of ether oxygens (including phenoxy) is 1. The largest absolute Gasteiger partial charge is 0.377 e. The van der Waals surface area contributed by atoms with Gasteiger partial charge in [-0.2, -0.15) is 0 Å². The first-order chi connectivity index (χ1) is 9.04. The summed E-state index contributed by atoms with van der Waals surface area (Å²) < 4.78 is 7.68. The number of fused-ring (bicyclic) bond motifs is 1. The van der Waals surface area contributed by atoms with Crippen LogP contribution in [0.15, 0.2) is 12.3 Å². The Morgan fingerprint density at radius 3 is 2.79 bits per heavy atom. The SMILES string of the molecule is CCOC(C)Cn1c(C(C)Cl)nc2c(C)ccnc21. The predicted molar refractivity (Wildman–Crippen MR) is 77.6 cm³/mol. The highest BCUT2D eigenvalue weighted by Crippen LogP contribution is 2.25. The average Bonchev–Trinajstić information content (AvgIpc) is 2.70. The van der Waals surface area contributed by atoms with Crippen molar-refractivity contribution in [1.82, 2.24) is 14.5 Å². The van der Waals surface area contributed by atoms with E-state index in [1.54, 1.807) is 0 Å². The van der Waals surface area contributed by atoms with Crippen LogP contribution in [0.25, 0.3) is 11.2 Å². The van der Waals surface area contributed by atoms with Gasteiger partial charge in [0.15, 0.2) is 5.65 Å². The van der Waals surface area contributed by atoms with Gasteiger partial charge in [-0.3, -0.25) is 0 Å². The summed E-state index contributed by atoms with van der Waals surface area (Å²) in [5.41, 5.74) is 2.93. The van der Waals surface area contributed by atoms with Gasteiger partial charge in [-0.1, -0.05) is 0 Å². The van der Waals surface area contributed by atoms with Crippen LogP contribution >= 0.6 is 11.6 Å². The fourth-order valence-corrected chi connectivity index (χ4v) is 2.40. The summed E-state index contributed by atoms with van der Waals surface area (Å²) in [5.74, 6) is 0.852. The van der Waals surface area contributed by atoms with E-state index < -0.39 is 0 Å². The zero-order valence-corrected chi connectivity index (χ0v) is 12.6. The maximum absolute atomic E-state index is 6.24. The Morgan fingerprint density at radius 1 is 1.42 bits per heavy atom. The lowest BCUT2D eigenvalue weighted by atomic mass is 10.3. The summed E-state index contributed by atoms with van der Waals surface area (Å²) in [5, 5.41) is -0.151. The van der Waals surface area contributed by atoms with Crippen molar-refractivity contribution in [3.8, 4) is 0 Å². The fraction of sp³-hybridized carbons (Fsp3) is 0.571. The minimum absolute atomic E-state index is 0.110. The molecule has 2 rings (SSSR count). The van der Waals surface area contributed by atoms with E-state index in [1.165, 1.54) is 0 Å². The third-order valence-corrected chi connectivity index (χ3v) is 3.31. The zero-order valence-electron chi connectivity index (χ0n) is 11.9. The highest BCUT2D eigenvalue weighted by Gasteiger charge is 2.18. The summed E-state index contributed by atoms with van der Waals surface area (Å²) >= 11 is 6.24. The first kappa shape index (κ1) is 14.3. The minimum atomic E-state index is -0.151. The molecule has 0 aliphatic heterocycles. The van der Waals surface area contributed by atoms with Crippen LogP contribution in [-0.2, 0) is 11.3 Å². The number of hydrogen-bond donors (Lipinski definition) is 0. The lowest BCUT2D eigenvalue weighted by Gasteiger charge is -2.15.